The Bertz CT molecular complexity index is 829. The van der Waals surface area contributed by atoms with E-state index >= 15 is 0 Å². The normalized spacial score (nSPS) is 14.0. The molecule has 10 nitrogen and oxygen atoms in total. The van der Waals surface area contributed by atoms with E-state index in [2.05, 4.69) is 15.6 Å². The number of para-hydroxylation sites is 1. The summed E-state index contributed by atoms with van der Waals surface area (Å²) in [6.45, 7) is 4.76. The molecular weight excluding hydrogens is 412 g/mol. The highest BCUT2D eigenvalue weighted by Gasteiger charge is 2.31. The number of hydrogen-bond acceptors (Lipinski definition) is 5. The van der Waals surface area contributed by atoms with Gasteiger partial charge in [0.25, 0.3) is 0 Å². The van der Waals surface area contributed by atoms with Gasteiger partial charge in [0.05, 0.1) is 6.54 Å². The van der Waals surface area contributed by atoms with Crippen molar-refractivity contribution in [1.29, 1.82) is 0 Å². The predicted molar refractivity (Wildman–Crippen MR) is 123 cm³/mol. The Morgan fingerprint density at radius 3 is 2.41 bits per heavy atom. The molecule has 1 aliphatic rings. The zero-order valence-corrected chi connectivity index (χ0v) is 18.8. The molecule has 1 unspecified atom stereocenters. The highest BCUT2D eigenvalue weighted by Crippen LogP contribution is 2.27. The maximum Gasteiger partial charge on any atom is 0.326 e. The molecule has 0 aliphatic heterocycles. The van der Waals surface area contributed by atoms with Gasteiger partial charge in [-0.2, -0.15) is 0 Å². The second kappa shape index (κ2) is 12.0. The summed E-state index contributed by atoms with van der Waals surface area (Å²) in [5.41, 5.74) is 13.3. The minimum Gasteiger partial charge on any atom is -0.480 e. The lowest BCUT2D eigenvalue weighted by molar-refractivity contribution is -0.142. The molecule has 1 aliphatic carbocycles. The molecule has 176 valence electrons. The van der Waals surface area contributed by atoms with E-state index in [0.29, 0.717) is 19.5 Å². The first-order chi connectivity index (χ1) is 15.2. The van der Waals surface area contributed by atoms with Crippen LogP contribution in [0.5, 0.6) is 0 Å². The summed E-state index contributed by atoms with van der Waals surface area (Å²) in [6.07, 6.45) is 2.75. The van der Waals surface area contributed by atoms with Crippen LogP contribution in [-0.4, -0.2) is 65.5 Å². The lowest BCUT2D eigenvalue weighted by Gasteiger charge is -2.22. The van der Waals surface area contributed by atoms with Gasteiger partial charge in [-0.05, 0) is 50.7 Å². The summed E-state index contributed by atoms with van der Waals surface area (Å²) >= 11 is 0. The fourth-order valence-electron chi connectivity index (χ4n) is 3.48. The molecule has 0 radical (unpaired) electrons. The molecule has 0 bridgehead atoms. The van der Waals surface area contributed by atoms with E-state index in [4.69, 9.17) is 11.5 Å². The number of carboxylic acid groups (broad SMARTS) is 1. The molecule has 0 heterocycles. The van der Waals surface area contributed by atoms with Crippen LogP contribution in [0.4, 0.5) is 5.69 Å². The van der Waals surface area contributed by atoms with Crippen LogP contribution in [0.25, 0.3) is 0 Å². The highest BCUT2D eigenvalue weighted by atomic mass is 16.4. The number of nitrogens with one attached hydrogen (secondary N) is 2. The lowest BCUT2D eigenvalue weighted by atomic mass is 10.1. The standard InChI is InChI=1S/C22H34N6O4/c1-14-5-3-6-15(2)20(14)27-19(30)13-28(16-8-9-16)12-10-18(29)26-17(21(31)32)7-4-11-25-22(23)24/h3,5-6,16-17H,4,7-13H2,1-2H3,(H,26,29)(H,27,30)(H,31,32)(H4,23,24,25). The molecular formula is C22H34N6O4. The van der Waals surface area contributed by atoms with Crippen LogP contribution < -0.4 is 22.1 Å². The van der Waals surface area contributed by atoms with E-state index < -0.39 is 12.0 Å². The van der Waals surface area contributed by atoms with Gasteiger partial charge in [0, 0.05) is 31.2 Å². The smallest absolute Gasteiger partial charge is 0.326 e. The van der Waals surface area contributed by atoms with Gasteiger partial charge in [0.1, 0.15) is 6.04 Å². The van der Waals surface area contributed by atoms with Crippen molar-refractivity contribution in [3.8, 4) is 0 Å². The number of hydrogen-bond donors (Lipinski definition) is 5. The number of aliphatic carboxylic acids is 1. The van der Waals surface area contributed by atoms with Crippen LogP contribution in [-0.2, 0) is 14.4 Å². The maximum atomic E-state index is 12.6. The number of aryl methyl sites for hydroxylation is 2. The predicted octanol–water partition coefficient (Wildman–Crippen LogP) is 0.719. The third kappa shape index (κ3) is 8.54. The Kier molecular flexibility index (Phi) is 9.45. The largest absolute Gasteiger partial charge is 0.480 e. The number of carboxylic acids is 1. The molecule has 1 fully saturated rings. The number of anilines is 1. The maximum absolute atomic E-state index is 12.6. The first-order valence-electron chi connectivity index (χ1n) is 10.8. The molecule has 1 aromatic rings. The van der Waals surface area contributed by atoms with E-state index in [1.54, 1.807) is 0 Å². The van der Waals surface area contributed by atoms with Crippen molar-refractivity contribution in [3.63, 3.8) is 0 Å². The summed E-state index contributed by atoms with van der Waals surface area (Å²) in [5.74, 6) is -1.64. The third-order valence-corrected chi connectivity index (χ3v) is 5.36. The molecule has 0 saturated heterocycles. The number of aliphatic imine (C=N–C) groups is 1. The number of guanidine groups is 1. The number of carbonyl (C=O) groups is 3. The number of amides is 2. The summed E-state index contributed by atoms with van der Waals surface area (Å²) in [7, 11) is 0. The zero-order chi connectivity index (χ0) is 23.7. The Balaban J connectivity index is 1.83. The van der Waals surface area contributed by atoms with Gasteiger partial charge in [0.2, 0.25) is 11.8 Å². The molecule has 32 heavy (non-hydrogen) atoms. The number of benzene rings is 1. The average molecular weight is 447 g/mol. The molecule has 2 amide bonds. The van der Waals surface area contributed by atoms with Gasteiger partial charge in [0.15, 0.2) is 5.96 Å². The van der Waals surface area contributed by atoms with Gasteiger partial charge >= 0.3 is 5.97 Å². The van der Waals surface area contributed by atoms with Crippen LogP contribution in [0.3, 0.4) is 0 Å². The van der Waals surface area contributed by atoms with Crippen LogP contribution in [0.1, 0.15) is 43.2 Å². The molecule has 1 saturated carbocycles. The number of nitrogens with two attached hydrogens (primary N) is 2. The van der Waals surface area contributed by atoms with Gasteiger partial charge in [-0.25, -0.2) is 4.79 Å². The molecule has 10 heteroatoms. The van der Waals surface area contributed by atoms with Gasteiger partial charge in [-0.1, -0.05) is 18.2 Å². The van der Waals surface area contributed by atoms with E-state index in [0.717, 1.165) is 29.7 Å². The quantitative estimate of drug-likeness (QED) is 0.169. The van der Waals surface area contributed by atoms with Crippen molar-refractivity contribution in [3.05, 3.63) is 29.3 Å². The van der Waals surface area contributed by atoms with Crippen LogP contribution in [0, 0.1) is 13.8 Å². The summed E-state index contributed by atoms with van der Waals surface area (Å²) in [5, 5.41) is 14.9. The molecule has 2 rings (SSSR count). The minimum absolute atomic E-state index is 0.0531. The molecule has 0 spiro atoms. The Hall–Kier alpha value is -3.14. The van der Waals surface area contributed by atoms with E-state index in [1.807, 2.05) is 36.9 Å². The van der Waals surface area contributed by atoms with Crippen molar-refractivity contribution in [1.82, 2.24) is 10.2 Å². The third-order valence-electron chi connectivity index (χ3n) is 5.36. The molecule has 1 aromatic carbocycles. The topological polar surface area (TPSA) is 163 Å². The highest BCUT2D eigenvalue weighted by molar-refractivity contribution is 5.93. The fourth-order valence-corrected chi connectivity index (χ4v) is 3.48. The van der Waals surface area contributed by atoms with Crippen LogP contribution >= 0.6 is 0 Å². The lowest BCUT2D eigenvalue weighted by Crippen LogP contribution is -2.43. The first kappa shape index (κ1) is 25.1. The second-order valence-electron chi connectivity index (χ2n) is 8.17. The van der Waals surface area contributed by atoms with Crippen LogP contribution in [0.15, 0.2) is 23.2 Å². The number of rotatable bonds is 13. The molecule has 1 atom stereocenters. The van der Waals surface area contributed by atoms with E-state index in [9.17, 15) is 19.5 Å². The average Bonchev–Trinajstić information content (AvgIpc) is 3.55. The Morgan fingerprint density at radius 1 is 1.19 bits per heavy atom. The minimum atomic E-state index is -1.10. The second-order valence-corrected chi connectivity index (χ2v) is 8.17. The van der Waals surface area contributed by atoms with Gasteiger partial charge < -0.3 is 27.2 Å². The van der Waals surface area contributed by atoms with Crippen LogP contribution in [0.2, 0.25) is 0 Å². The summed E-state index contributed by atoms with van der Waals surface area (Å²) in [4.78, 5) is 42.2. The van der Waals surface area contributed by atoms with Crippen molar-refractivity contribution >= 4 is 29.4 Å². The van der Waals surface area contributed by atoms with E-state index in [1.165, 1.54) is 0 Å². The zero-order valence-electron chi connectivity index (χ0n) is 18.8. The first-order valence-corrected chi connectivity index (χ1v) is 10.8. The Labute approximate surface area is 188 Å². The van der Waals surface area contributed by atoms with Crippen molar-refractivity contribution in [2.75, 3.05) is 25.0 Å². The monoisotopic (exact) mass is 446 g/mol. The molecule has 7 N–H and O–H groups in total. The van der Waals surface area contributed by atoms with Crippen molar-refractivity contribution < 1.29 is 19.5 Å². The Morgan fingerprint density at radius 2 is 1.84 bits per heavy atom. The number of carbonyl (C=O) groups excluding carboxylic acids is 2. The molecule has 0 aromatic heterocycles. The summed E-state index contributed by atoms with van der Waals surface area (Å²) < 4.78 is 0. The van der Waals surface area contributed by atoms with Crippen molar-refractivity contribution in [2.45, 2.75) is 58.0 Å². The van der Waals surface area contributed by atoms with Gasteiger partial charge in [-0.3, -0.25) is 19.5 Å². The van der Waals surface area contributed by atoms with Gasteiger partial charge in [-0.15, -0.1) is 0 Å². The van der Waals surface area contributed by atoms with Crippen molar-refractivity contribution in [2.24, 2.45) is 16.5 Å². The van der Waals surface area contributed by atoms with E-state index in [-0.39, 0.29) is 43.2 Å². The summed E-state index contributed by atoms with van der Waals surface area (Å²) in [6, 6.07) is 5.12. The fraction of sp³-hybridized carbons (Fsp3) is 0.545. The SMILES string of the molecule is Cc1cccc(C)c1NC(=O)CN(CCC(=O)NC(CCCN=C(N)N)C(=O)O)C1CC1. The number of nitrogens with zero attached hydrogens (tertiary/aromatic N) is 2.